The van der Waals surface area contributed by atoms with E-state index in [0.29, 0.717) is 0 Å². The highest BCUT2D eigenvalue weighted by molar-refractivity contribution is 7.98. The van der Waals surface area contributed by atoms with Crippen molar-refractivity contribution in [2.75, 3.05) is 30.5 Å². The first-order valence-electron chi connectivity index (χ1n) is 4.95. The largest absolute Gasteiger partial charge is 0.374 e. The normalized spacial score (nSPS) is 10.1. The zero-order valence-electron chi connectivity index (χ0n) is 9.49. The van der Waals surface area contributed by atoms with E-state index in [9.17, 15) is 4.79 Å². The van der Waals surface area contributed by atoms with Crippen LogP contribution in [0.15, 0.2) is 18.2 Å². The maximum atomic E-state index is 10.7. The zero-order chi connectivity index (χ0) is 11.3. The van der Waals surface area contributed by atoms with Crippen molar-refractivity contribution in [3.05, 3.63) is 29.3 Å². The van der Waals surface area contributed by atoms with Crippen LogP contribution in [0.3, 0.4) is 0 Å². The number of carbonyl (C=O) groups is 1. The van der Waals surface area contributed by atoms with Gasteiger partial charge >= 0.3 is 0 Å². The minimum Gasteiger partial charge on any atom is -0.374 e. The van der Waals surface area contributed by atoms with Gasteiger partial charge in [0.25, 0.3) is 0 Å². The molecule has 0 N–H and O–H groups in total. The number of aldehydes is 1. The number of rotatable bonds is 5. The maximum absolute atomic E-state index is 10.7. The summed E-state index contributed by atoms with van der Waals surface area (Å²) in [7, 11) is 2.07. The van der Waals surface area contributed by atoms with Gasteiger partial charge in [-0.25, -0.2) is 0 Å². The lowest BCUT2D eigenvalue weighted by Crippen LogP contribution is -2.20. The summed E-state index contributed by atoms with van der Waals surface area (Å²) in [4.78, 5) is 12.9. The van der Waals surface area contributed by atoms with Crippen LogP contribution in [0.25, 0.3) is 0 Å². The van der Waals surface area contributed by atoms with E-state index in [0.717, 1.165) is 29.7 Å². The van der Waals surface area contributed by atoms with Gasteiger partial charge in [0.2, 0.25) is 0 Å². The summed E-state index contributed by atoms with van der Waals surface area (Å²) in [6.07, 6.45) is 3.01. The number of thioether (sulfide) groups is 1. The fraction of sp³-hybridized carbons (Fsp3) is 0.417. The van der Waals surface area contributed by atoms with Crippen molar-refractivity contribution in [3.8, 4) is 0 Å². The van der Waals surface area contributed by atoms with Crippen molar-refractivity contribution in [3.63, 3.8) is 0 Å². The zero-order valence-corrected chi connectivity index (χ0v) is 10.3. The van der Waals surface area contributed by atoms with Gasteiger partial charge < -0.3 is 4.90 Å². The molecule has 1 rings (SSSR count). The molecule has 3 heteroatoms. The van der Waals surface area contributed by atoms with E-state index in [1.54, 1.807) is 0 Å². The van der Waals surface area contributed by atoms with E-state index in [1.807, 2.05) is 30.8 Å². The average molecular weight is 223 g/mol. The van der Waals surface area contributed by atoms with E-state index in [4.69, 9.17) is 0 Å². The van der Waals surface area contributed by atoms with Crippen LogP contribution in [0.5, 0.6) is 0 Å². The summed E-state index contributed by atoms with van der Waals surface area (Å²) < 4.78 is 0. The Morgan fingerprint density at radius 2 is 2.20 bits per heavy atom. The minimum absolute atomic E-state index is 0.775. The molecular formula is C12H17NOS. The molecule has 0 radical (unpaired) electrons. The van der Waals surface area contributed by atoms with Gasteiger partial charge in [-0.1, -0.05) is 0 Å². The number of benzene rings is 1. The van der Waals surface area contributed by atoms with E-state index in [2.05, 4.69) is 24.3 Å². The number of anilines is 1. The molecule has 0 amide bonds. The van der Waals surface area contributed by atoms with Crippen molar-refractivity contribution in [2.24, 2.45) is 0 Å². The van der Waals surface area contributed by atoms with Gasteiger partial charge in [0.1, 0.15) is 6.29 Å². The smallest absolute Gasteiger partial charge is 0.150 e. The molecule has 0 saturated carbocycles. The Balaban J connectivity index is 2.77. The Morgan fingerprint density at radius 3 is 2.73 bits per heavy atom. The van der Waals surface area contributed by atoms with Crippen molar-refractivity contribution < 1.29 is 4.79 Å². The van der Waals surface area contributed by atoms with Crippen LogP contribution in [-0.4, -0.2) is 31.9 Å². The molecule has 82 valence electrons. The number of hydrogen-bond donors (Lipinski definition) is 0. The molecule has 0 unspecified atom stereocenters. The fourth-order valence-corrected chi connectivity index (χ4v) is 1.84. The number of carbonyl (C=O) groups excluding carboxylic acids is 1. The van der Waals surface area contributed by atoms with E-state index < -0.39 is 0 Å². The molecule has 0 aliphatic rings. The molecule has 0 heterocycles. The third kappa shape index (κ3) is 3.27. The summed E-state index contributed by atoms with van der Waals surface area (Å²) in [5.41, 5.74) is 2.99. The summed E-state index contributed by atoms with van der Waals surface area (Å²) in [5, 5.41) is 0. The first-order valence-corrected chi connectivity index (χ1v) is 6.34. The lowest BCUT2D eigenvalue weighted by molar-refractivity contribution is 0.112. The highest BCUT2D eigenvalue weighted by Crippen LogP contribution is 2.17. The topological polar surface area (TPSA) is 20.3 Å². The molecule has 0 atom stereocenters. The fourth-order valence-electron chi connectivity index (χ4n) is 1.39. The van der Waals surface area contributed by atoms with Gasteiger partial charge in [-0.3, -0.25) is 4.79 Å². The Bertz CT molecular complexity index is 338. The molecule has 0 fully saturated rings. The van der Waals surface area contributed by atoms with Crippen molar-refractivity contribution in [2.45, 2.75) is 6.92 Å². The molecule has 0 aliphatic heterocycles. The SMILES string of the molecule is CSCCN(C)c1ccc(C=O)c(C)c1. The maximum Gasteiger partial charge on any atom is 0.150 e. The monoisotopic (exact) mass is 223 g/mol. The van der Waals surface area contributed by atoms with Crippen LogP contribution < -0.4 is 4.90 Å². The second-order valence-corrected chi connectivity index (χ2v) is 4.56. The summed E-state index contributed by atoms with van der Waals surface area (Å²) in [6.45, 7) is 3.00. The molecule has 0 spiro atoms. The quantitative estimate of drug-likeness (QED) is 0.716. The molecular weight excluding hydrogens is 206 g/mol. The standard InChI is InChI=1S/C12H17NOS/c1-10-8-12(5-4-11(10)9-14)13(2)6-7-15-3/h4-5,8-9H,6-7H2,1-3H3. The van der Waals surface area contributed by atoms with Gasteiger partial charge in [0.15, 0.2) is 0 Å². The Hall–Kier alpha value is -0.960. The second kappa shape index (κ2) is 5.81. The minimum atomic E-state index is 0.775. The van der Waals surface area contributed by atoms with Crippen LogP contribution in [0.4, 0.5) is 5.69 Å². The van der Waals surface area contributed by atoms with Crippen molar-refractivity contribution in [1.82, 2.24) is 0 Å². The van der Waals surface area contributed by atoms with Crippen LogP contribution >= 0.6 is 11.8 Å². The Kier molecular flexibility index (Phi) is 4.69. The predicted molar refractivity (Wildman–Crippen MR) is 68.2 cm³/mol. The molecule has 2 nitrogen and oxygen atoms in total. The highest BCUT2D eigenvalue weighted by atomic mass is 32.2. The average Bonchev–Trinajstić information content (AvgIpc) is 2.25. The van der Waals surface area contributed by atoms with Crippen molar-refractivity contribution in [1.29, 1.82) is 0 Å². The lowest BCUT2D eigenvalue weighted by Gasteiger charge is -2.19. The first-order chi connectivity index (χ1) is 7.19. The lowest BCUT2D eigenvalue weighted by atomic mass is 10.1. The van der Waals surface area contributed by atoms with Crippen LogP contribution in [0.2, 0.25) is 0 Å². The van der Waals surface area contributed by atoms with E-state index in [-0.39, 0.29) is 0 Å². The summed E-state index contributed by atoms with van der Waals surface area (Å²) in [6, 6.07) is 5.94. The summed E-state index contributed by atoms with van der Waals surface area (Å²) >= 11 is 1.84. The van der Waals surface area contributed by atoms with Gasteiger partial charge in [-0.05, 0) is 36.9 Å². The molecule has 0 saturated heterocycles. The van der Waals surface area contributed by atoms with Crippen LogP contribution in [0, 0.1) is 6.92 Å². The molecule has 0 aromatic heterocycles. The number of aryl methyl sites for hydroxylation is 1. The third-order valence-corrected chi connectivity index (χ3v) is 3.04. The van der Waals surface area contributed by atoms with Crippen LogP contribution in [-0.2, 0) is 0 Å². The van der Waals surface area contributed by atoms with E-state index >= 15 is 0 Å². The number of nitrogens with zero attached hydrogens (tertiary/aromatic N) is 1. The third-order valence-electron chi connectivity index (χ3n) is 2.45. The van der Waals surface area contributed by atoms with E-state index in [1.165, 1.54) is 5.69 Å². The molecule has 15 heavy (non-hydrogen) atoms. The molecule has 0 bridgehead atoms. The molecule has 1 aromatic rings. The second-order valence-electron chi connectivity index (χ2n) is 3.57. The molecule has 1 aromatic carbocycles. The van der Waals surface area contributed by atoms with Gasteiger partial charge in [0.05, 0.1) is 0 Å². The van der Waals surface area contributed by atoms with Gasteiger partial charge in [0, 0.05) is 30.6 Å². The Morgan fingerprint density at radius 1 is 1.47 bits per heavy atom. The summed E-state index contributed by atoms with van der Waals surface area (Å²) in [5.74, 6) is 1.12. The Labute approximate surface area is 95.7 Å². The van der Waals surface area contributed by atoms with Gasteiger partial charge in [-0.15, -0.1) is 0 Å². The molecule has 0 aliphatic carbocycles. The predicted octanol–water partition coefficient (Wildman–Crippen LogP) is 2.61. The first kappa shape index (κ1) is 12.1. The van der Waals surface area contributed by atoms with Crippen LogP contribution in [0.1, 0.15) is 15.9 Å². The highest BCUT2D eigenvalue weighted by Gasteiger charge is 2.02. The van der Waals surface area contributed by atoms with Gasteiger partial charge in [-0.2, -0.15) is 11.8 Å². The van der Waals surface area contributed by atoms with Crippen molar-refractivity contribution >= 4 is 23.7 Å². The number of hydrogen-bond acceptors (Lipinski definition) is 3.